The Hall–Kier alpha value is -2.75. The number of hydrogen-bond donors (Lipinski definition) is 2. The van der Waals surface area contributed by atoms with E-state index < -0.39 is 0 Å². The number of hydrogen-bond acceptors (Lipinski definition) is 3. The van der Waals surface area contributed by atoms with Crippen LogP contribution in [0, 0.1) is 6.92 Å². The highest BCUT2D eigenvalue weighted by Gasteiger charge is 2.02. The van der Waals surface area contributed by atoms with E-state index in [2.05, 4.69) is 5.32 Å². The maximum atomic E-state index is 11.8. The van der Waals surface area contributed by atoms with Crippen LogP contribution in [-0.4, -0.2) is 13.0 Å². The van der Waals surface area contributed by atoms with Crippen LogP contribution in [0.1, 0.15) is 11.1 Å². The second kappa shape index (κ2) is 6.61. The van der Waals surface area contributed by atoms with E-state index in [9.17, 15) is 4.79 Å². The Balaban J connectivity index is 2.01. The van der Waals surface area contributed by atoms with Crippen LogP contribution in [0.3, 0.4) is 0 Å². The van der Waals surface area contributed by atoms with Crippen molar-refractivity contribution in [3.05, 3.63) is 59.7 Å². The smallest absolute Gasteiger partial charge is 0.248 e. The first kappa shape index (κ1) is 14.7. The molecule has 0 aliphatic carbocycles. The van der Waals surface area contributed by atoms with Crippen molar-refractivity contribution in [3.63, 3.8) is 0 Å². The minimum atomic E-state index is -0.208. The summed E-state index contributed by atoms with van der Waals surface area (Å²) in [4.78, 5) is 11.8. The topological polar surface area (TPSA) is 64.3 Å². The molecule has 2 aromatic rings. The number of nitrogen functional groups attached to an aromatic ring is 1. The molecular formula is C17H18N2O2. The Morgan fingerprint density at radius 3 is 2.52 bits per heavy atom. The molecule has 1 amide bonds. The van der Waals surface area contributed by atoms with Crippen LogP contribution < -0.4 is 15.8 Å². The van der Waals surface area contributed by atoms with Crippen molar-refractivity contribution in [3.8, 4) is 5.75 Å². The van der Waals surface area contributed by atoms with Gasteiger partial charge in [-0.2, -0.15) is 0 Å². The van der Waals surface area contributed by atoms with Crippen molar-refractivity contribution in [2.45, 2.75) is 6.92 Å². The quantitative estimate of drug-likeness (QED) is 0.668. The summed E-state index contributed by atoms with van der Waals surface area (Å²) in [6, 6.07) is 13.1. The second-order valence-corrected chi connectivity index (χ2v) is 4.69. The lowest BCUT2D eigenvalue weighted by atomic mass is 10.1. The van der Waals surface area contributed by atoms with E-state index in [0.29, 0.717) is 17.1 Å². The normalized spacial score (nSPS) is 10.6. The van der Waals surface area contributed by atoms with Gasteiger partial charge in [-0.15, -0.1) is 0 Å². The van der Waals surface area contributed by atoms with Gasteiger partial charge in [-0.3, -0.25) is 4.79 Å². The molecule has 0 aliphatic heterocycles. The zero-order chi connectivity index (χ0) is 15.2. The third kappa shape index (κ3) is 4.11. The van der Waals surface area contributed by atoms with Crippen molar-refractivity contribution in [1.29, 1.82) is 0 Å². The van der Waals surface area contributed by atoms with Crippen LogP contribution >= 0.6 is 0 Å². The molecule has 0 aromatic heterocycles. The van der Waals surface area contributed by atoms with Crippen LogP contribution in [0.25, 0.3) is 6.08 Å². The predicted molar refractivity (Wildman–Crippen MR) is 86.2 cm³/mol. The van der Waals surface area contributed by atoms with Gasteiger partial charge in [-0.05, 0) is 36.8 Å². The molecular weight excluding hydrogens is 264 g/mol. The lowest BCUT2D eigenvalue weighted by Gasteiger charge is -2.07. The average Bonchev–Trinajstić information content (AvgIpc) is 2.47. The number of nitrogens with two attached hydrogens (primary N) is 1. The molecule has 0 atom stereocenters. The Labute approximate surface area is 124 Å². The number of nitrogens with one attached hydrogen (secondary N) is 1. The van der Waals surface area contributed by atoms with Gasteiger partial charge in [-0.25, -0.2) is 0 Å². The fourth-order valence-electron chi connectivity index (χ4n) is 1.85. The average molecular weight is 282 g/mol. The van der Waals surface area contributed by atoms with E-state index in [-0.39, 0.29) is 5.91 Å². The van der Waals surface area contributed by atoms with E-state index in [1.54, 1.807) is 31.4 Å². The molecule has 3 N–H and O–H groups in total. The molecule has 4 heteroatoms. The highest BCUT2D eigenvalue weighted by atomic mass is 16.5. The fourth-order valence-corrected chi connectivity index (χ4v) is 1.85. The number of anilines is 2. The summed E-state index contributed by atoms with van der Waals surface area (Å²) in [6.45, 7) is 2.02. The second-order valence-electron chi connectivity index (χ2n) is 4.69. The summed E-state index contributed by atoms with van der Waals surface area (Å²) in [6.07, 6.45) is 3.26. The van der Waals surface area contributed by atoms with E-state index in [4.69, 9.17) is 10.5 Å². The summed E-state index contributed by atoms with van der Waals surface area (Å²) in [5.74, 6) is 0.378. The predicted octanol–water partition coefficient (Wildman–Crippen LogP) is 3.24. The van der Waals surface area contributed by atoms with Gasteiger partial charge in [0, 0.05) is 11.8 Å². The molecule has 0 saturated carbocycles. The standard InChI is InChI=1S/C17H18N2O2/c1-12-3-5-13(6-4-12)7-10-17(20)19-14-8-9-16(21-2)15(18)11-14/h3-11H,18H2,1-2H3,(H,19,20)/b10-7+. The minimum Gasteiger partial charge on any atom is -0.495 e. The van der Waals surface area contributed by atoms with E-state index in [0.717, 1.165) is 5.56 Å². The minimum absolute atomic E-state index is 0.208. The number of aryl methyl sites for hydroxylation is 1. The van der Waals surface area contributed by atoms with Crippen molar-refractivity contribution in [2.24, 2.45) is 0 Å². The van der Waals surface area contributed by atoms with Gasteiger partial charge in [0.25, 0.3) is 0 Å². The Bertz CT molecular complexity index is 661. The van der Waals surface area contributed by atoms with Crippen LogP contribution in [0.4, 0.5) is 11.4 Å². The molecule has 0 spiro atoms. The van der Waals surface area contributed by atoms with Crippen molar-refractivity contribution < 1.29 is 9.53 Å². The number of amides is 1. The van der Waals surface area contributed by atoms with Gasteiger partial charge >= 0.3 is 0 Å². The lowest BCUT2D eigenvalue weighted by molar-refractivity contribution is -0.111. The third-order valence-corrected chi connectivity index (χ3v) is 3.00. The van der Waals surface area contributed by atoms with Crippen LogP contribution in [0.2, 0.25) is 0 Å². The number of carbonyl (C=O) groups is 1. The number of rotatable bonds is 4. The first-order valence-corrected chi connectivity index (χ1v) is 6.58. The van der Waals surface area contributed by atoms with Crippen LogP contribution in [0.5, 0.6) is 5.75 Å². The van der Waals surface area contributed by atoms with Crippen LogP contribution in [0.15, 0.2) is 48.5 Å². The number of methoxy groups -OCH3 is 1. The first-order chi connectivity index (χ1) is 10.1. The number of ether oxygens (including phenoxy) is 1. The molecule has 0 unspecified atom stereocenters. The molecule has 0 bridgehead atoms. The van der Waals surface area contributed by atoms with Crippen LogP contribution in [-0.2, 0) is 4.79 Å². The number of carbonyl (C=O) groups excluding carboxylic acids is 1. The zero-order valence-electron chi connectivity index (χ0n) is 12.1. The van der Waals surface area contributed by atoms with E-state index in [1.807, 2.05) is 31.2 Å². The van der Waals surface area contributed by atoms with E-state index in [1.165, 1.54) is 11.6 Å². The lowest BCUT2D eigenvalue weighted by Crippen LogP contribution is -2.08. The zero-order valence-corrected chi connectivity index (χ0v) is 12.1. The first-order valence-electron chi connectivity index (χ1n) is 6.58. The van der Waals surface area contributed by atoms with Crippen molar-refractivity contribution in [1.82, 2.24) is 0 Å². The molecule has 0 fully saturated rings. The maximum Gasteiger partial charge on any atom is 0.248 e. The SMILES string of the molecule is COc1ccc(NC(=O)/C=C/c2ccc(C)cc2)cc1N. The Morgan fingerprint density at radius 2 is 1.90 bits per heavy atom. The number of benzene rings is 2. The summed E-state index contributed by atoms with van der Waals surface area (Å²) in [5.41, 5.74) is 9.07. The molecule has 0 radical (unpaired) electrons. The fraction of sp³-hybridized carbons (Fsp3) is 0.118. The highest BCUT2D eigenvalue weighted by Crippen LogP contribution is 2.24. The Kier molecular flexibility index (Phi) is 4.61. The summed E-state index contributed by atoms with van der Waals surface area (Å²) in [7, 11) is 1.55. The van der Waals surface area contributed by atoms with Gasteiger partial charge in [0.1, 0.15) is 5.75 Å². The Morgan fingerprint density at radius 1 is 1.19 bits per heavy atom. The molecule has 21 heavy (non-hydrogen) atoms. The third-order valence-electron chi connectivity index (χ3n) is 3.00. The summed E-state index contributed by atoms with van der Waals surface area (Å²) in [5, 5.41) is 2.75. The van der Waals surface area contributed by atoms with Gasteiger partial charge in [0.05, 0.1) is 12.8 Å². The van der Waals surface area contributed by atoms with Gasteiger partial charge < -0.3 is 15.8 Å². The van der Waals surface area contributed by atoms with Gasteiger partial charge in [-0.1, -0.05) is 29.8 Å². The largest absolute Gasteiger partial charge is 0.495 e. The maximum absolute atomic E-state index is 11.8. The summed E-state index contributed by atoms with van der Waals surface area (Å²) >= 11 is 0. The molecule has 0 heterocycles. The molecule has 0 aliphatic rings. The molecule has 4 nitrogen and oxygen atoms in total. The van der Waals surface area contributed by atoms with Crippen molar-refractivity contribution >= 4 is 23.4 Å². The molecule has 108 valence electrons. The monoisotopic (exact) mass is 282 g/mol. The van der Waals surface area contributed by atoms with E-state index >= 15 is 0 Å². The van der Waals surface area contributed by atoms with Gasteiger partial charge in [0.15, 0.2) is 0 Å². The highest BCUT2D eigenvalue weighted by molar-refractivity contribution is 6.02. The molecule has 0 saturated heterocycles. The van der Waals surface area contributed by atoms with Crippen molar-refractivity contribution in [2.75, 3.05) is 18.2 Å². The molecule has 2 rings (SSSR count). The summed E-state index contributed by atoms with van der Waals surface area (Å²) < 4.78 is 5.07. The van der Waals surface area contributed by atoms with Gasteiger partial charge in [0.2, 0.25) is 5.91 Å². The molecule has 2 aromatic carbocycles.